The Labute approximate surface area is 115 Å². The number of carbonyl (C=O) groups is 1. The minimum atomic E-state index is -1.02. The summed E-state index contributed by atoms with van der Waals surface area (Å²) in [7, 11) is 0. The Morgan fingerprint density at radius 3 is 2.75 bits per heavy atom. The lowest BCUT2D eigenvalue weighted by atomic mass is 10.2. The fourth-order valence-electron chi connectivity index (χ4n) is 1.57. The highest BCUT2D eigenvalue weighted by molar-refractivity contribution is 5.88. The van der Waals surface area contributed by atoms with Gasteiger partial charge in [-0.3, -0.25) is 0 Å². The fourth-order valence-corrected chi connectivity index (χ4v) is 1.57. The molecule has 2 aromatic rings. The summed E-state index contributed by atoms with van der Waals surface area (Å²) in [5.74, 6) is 0.639. The van der Waals surface area contributed by atoms with Crippen LogP contribution < -0.4 is 9.47 Å². The fraction of sp³-hybridized carbons (Fsp3) is 0.308. The molecule has 0 saturated heterocycles. The summed E-state index contributed by atoms with van der Waals surface area (Å²) in [5.41, 5.74) is 0.135. The molecule has 1 aromatic heterocycles. The molecule has 7 heteroatoms. The summed E-state index contributed by atoms with van der Waals surface area (Å²) in [5, 5.41) is 12.7. The van der Waals surface area contributed by atoms with Crippen LogP contribution in [0.2, 0.25) is 0 Å². The lowest BCUT2D eigenvalue weighted by Crippen LogP contribution is -2.03. The third-order valence-electron chi connectivity index (χ3n) is 2.42. The van der Waals surface area contributed by atoms with Gasteiger partial charge in [-0.2, -0.15) is 4.98 Å². The molecule has 0 bridgehead atoms. The number of aromatic carboxylic acids is 1. The van der Waals surface area contributed by atoms with Crippen LogP contribution in [0, 0.1) is 6.92 Å². The first-order valence-corrected chi connectivity index (χ1v) is 6.02. The van der Waals surface area contributed by atoms with Gasteiger partial charge >= 0.3 is 5.97 Å². The standard InChI is InChI=1S/C13H14N2O5/c1-3-18-11-6-9(13(16)17)4-5-10(11)19-7-12-14-8(2)20-15-12/h4-6H,3,7H2,1-2H3,(H,16,17). The Hall–Kier alpha value is -2.57. The zero-order valence-corrected chi connectivity index (χ0v) is 11.1. The lowest BCUT2D eigenvalue weighted by Gasteiger charge is -2.11. The summed E-state index contributed by atoms with van der Waals surface area (Å²) in [6, 6.07) is 4.41. The van der Waals surface area contributed by atoms with E-state index >= 15 is 0 Å². The molecule has 20 heavy (non-hydrogen) atoms. The Balaban J connectivity index is 2.15. The van der Waals surface area contributed by atoms with E-state index in [1.54, 1.807) is 19.9 Å². The Bertz CT molecular complexity index is 609. The summed E-state index contributed by atoms with van der Waals surface area (Å²) in [6.07, 6.45) is 0. The summed E-state index contributed by atoms with van der Waals surface area (Å²) < 4.78 is 15.7. The highest BCUT2D eigenvalue weighted by atomic mass is 16.5. The molecule has 0 aliphatic carbocycles. The molecule has 0 unspecified atom stereocenters. The minimum Gasteiger partial charge on any atom is -0.490 e. The normalized spacial score (nSPS) is 10.3. The molecule has 0 aliphatic rings. The molecule has 0 amide bonds. The maximum absolute atomic E-state index is 10.9. The van der Waals surface area contributed by atoms with Crippen LogP contribution in [0.4, 0.5) is 0 Å². The molecule has 0 aliphatic heterocycles. The molecule has 0 fully saturated rings. The predicted octanol–water partition coefficient (Wildman–Crippen LogP) is 2.05. The molecule has 1 N–H and O–H groups in total. The maximum atomic E-state index is 10.9. The maximum Gasteiger partial charge on any atom is 0.335 e. The molecule has 0 spiro atoms. The van der Waals surface area contributed by atoms with Crippen molar-refractivity contribution in [3.8, 4) is 11.5 Å². The summed E-state index contributed by atoms with van der Waals surface area (Å²) in [6.45, 7) is 4.01. The number of benzene rings is 1. The molecule has 0 radical (unpaired) electrons. The van der Waals surface area contributed by atoms with Crippen molar-refractivity contribution < 1.29 is 23.9 Å². The smallest absolute Gasteiger partial charge is 0.335 e. The van der Waals surface area contributed by atoms with Gasteiger partial charge in [0, 0.05) is 6.92 Å². The van der Waals surface area contributed by atoms with E-state index in [0.717, 1.165) is 0 Å². The van der Waals surface area contributed by atoms with Crippen molar-refractivity contribution in [1.82, 2.24) is 10.1 Å². The molecule has 0 saturated carbocycles. The number of aryl methyl sites for hydroxylation is 1. The van der Waals surface area contributed by atoms with Crippen LogP contribution in [0.3, 0.4) is 0 Å². The first kappa shape index (κ1) is 13.9. The number of aromatic nitrogens is 2. The van der Waals surface area contributed by atoms with Gasteiger partial charge in [0.1, 0.15) is 0 Å². The SMILES string of the molecule is CCOc1cc(C(=O)O)ccc1OCc1noc(C)n1. The van der Waals surface area contributed by atoms with E-state index in [1.165, 1.54) is 12.1 Å². The van der Waals surface area contributed by atoms with E-state index in [9.17, 15) is 4.79 Å². The van der Waals surface area contributed by atoms with E-state index < -0.39 is 5.97 Å². The van der Waals surface area contributed by atoms with E-state index in [-0.39, 0.29) is 12.2 Å². The van der Waals surface area contributed by atoms with E-state index in [1.807, 2.05) is 0 Å². The van der Waals surface area contributed by atoms with Crippen LogP contribution in [-0.2, 0) is 6.61 Å². The van der Waals surface area contributed by atoms with Gasteiger partial charge in [0.15, 0.2) is 18.1 Å². The number of ether oxygens (including phenoxy) is 2. The average molecular weight is 278 g/mol. The molecule has 0 atom stereocenters. The van der Waals surface area contributed by atoms with Crippen molar-refractivity contribution >= 4 is 5.97 Å². The van der Waals surface area contributed by atoms with Gasteiger partial charge in [0.05, 0.1) is 12.2 Å². The van der Waals surface area contributed by atoms with E-state index in [0.29, 0.717) is 29.8 Å². The van der Waals surface area contributed by atoms with Crippen molar-refractivity contribution in [3.63, 3.8) is 0 Å². The quantitative estimate of drug-likeness (QED) is 0.863. The third kappa shape index (κ3) is 3.25. The third-order valence-corrected chi connectivity index (χ3v) is 2.42. The van der Waals surface area contributed by atoms with Gasteiger partial charge in [-0.15, -0.1) is 0 Å². The average Bonchev–Trinajstić information content (AvgIpc) is 2.83. The molecule has 106 valence electrons. The van der Waals surface area contributed by atoms with Crippen LogP contribution in [-0.4, -0.2) is 27.8 Å². The van der Waals surface area contributed by atoms with Crippen molar-refractivity contribution in [1.29, 1.82) is 0 Å². The Morgan fingerprint density at radius 2 is 2.15 bits per heavy atom. The van der Waals surface area contributed by atoms with Crippen LogP contribution in [0.1, 0.15) is 29.0 Å². The number of hydrogen-bond donors (Lipinski definition) is 1. The van der Waals surface area contributed by atoms with Crippen LogP contribution in [0.15, 0.2) is 22.7 Å². The second-order valence-corrected chi connectivity index (χ2v) is 3.92. The summed E-state index contributed by atoms with van der Waals surface area (Å²) in [4.78, 5) is 14.9. The van der Waals surface area contributed by atoms with Gasteiger partial charge < -0.3 is 19.1 Å². The zero-order chi connectivity index (χ0) is 14.5. The van der Waals surface area contributed by atoms with Crippen molar-refractivity contribution in [3.05, 3.63) is 35.5 Å². The van der Waals surface area contributed by atoms with Crippen molar-refractivity contribution in [2.45, 2.75) is 20.5 Å². The number of carboxylic acids is 1. The van der Waals surface area contributed by atoms with Crippen molar-refractivity contribution in [2.75, 3.05) is 6.61 Å². The van der Waals surface area contributed by atoms with Crippen LogP contribution in [0.5, 0.6) is 11.5 Å². The number of hydrogen-bond acceptors (Lipinski definition) is 6. The number of carboxylic acid groups (broad SMARTS) is 1. The number of rotatable bonds is 6. The van der Waals surface area contributed by atoms with Gasteiger partial charge in [0.25, 0.3) is 0 Å². The largest absolute Gasteiger partial charge is 0.490 e. The van der Waals surface area contributed by atoms with E-state index in [4.69, 9.17) is 19.1 Å². The van der Waals surface area contributed by atoms with Gasteiger partial charge in [-0.05, 0) is 25.1 Å². The zero-order valence-electron chi connectivity index (χ0n) is 11.1. The minimum absolute atomic E-state index is 0.115. The molecular formula is C13H14N2O5. The first-order chi connectivity index (χ1) is 9.60. The van der Waals surface area contributed by atoms with Crippen LogP contribution >= 0.6 is 0 Å². The molecular weight excluding hydrogens is 264 g/mol. The molecule has 7 nitrogen and oxygen atoms in total. The highest BCUT2D eigenvalue weighted by Crippen LogP contribution is 2.29. The first-order valence-electron chi connectivity index (χ1n) is 6.02. The Morgan fingerprint density at radius 1 is 1.35 bits per heavy atom. The van der Waals surface area contributed by atoms with Gasteiger partial charge in [-0.1, -0.05) is 5.16 Å². The topological polar surface area (TPSA) is 94.7 Å². The van der Waals surface area contributed by atoms with E-state index in [2.05, 4.69) is 10.1 Å². The Kier molecular flexibility index (Phi) is 4.19. The second-order valence-electron chi connectivity index (χ2n) is 3.92. The second kappa shape index (κ2) is 6.05. The lowest BCUT2D eigenvalue weighted by molar-refractivity contribution is 0.0696. The molecule has 1 heterocycles. The number of nitrogens with zero attached hydrogens (tertiary/aromatic N) is 2. The molecule has 1 aromatic carbocycles. The highest BCUT2D eigenvalue weighted by Gasteiger charge is 2.12. The van der Waals surface area contributed by atoms with Crippen molar-refractivity contribution in [2.24, 2.45) is 0 Å². The van der Waals surface area contributed by atoms with Gasteiger partial charge in [-0.25, -0.2) is 4.79 Å². The monoisotopic (exact) mass is 278 g/mol. The predicted molar refractivity (Wildman–Crippen MR) is 67.9 cm³/mol. The van der Waals surface area contributed by atoms with Crippen LogP contribution in [0.25, 0.3) is 0 Å². The molecule has 2 rings (SSSR count). The summed E-state index contributed by atoms with van der Waals surface area (Å²) >= 11 is 0. The van der Waals surface area contributed by atoms with Gasteiger partial charge in [0.2, 0.25) is 11.7 Å².